The number of rotatable bonds is 5. The van der Waals surface area contributed by atoms with E-state index in [2.05, 4.69) is 53.6 Å². The summed E-state index contributed by atoms with van der Waals surface area (Å²) in [5.41, 5.74) is 4.83. The summed E-state index contributed by atoms with van der Waals surface area (Å²) in [6.07, 6.45) is 10.5. The average Bonchev–Trinajstić information content (AvgIpc) is 3.49. The second kappa shape index (κ2) is 9.73. The Balaban J connectivity index is 0.00000253. The molecule has 0 saturated carbocycles. The van der Waals surface area contributed by atoms with E-state index >= 15 is 0 Å². The van der Waals surface area contributed by atoms with Crippen molar-refractivity contribution in [3.05, 3.63) is 128 Å². The Bertz CT molecular complexity index is 1600. The van der Waals surface area contributed by atoms with Crippen LogP contribution in [-0.2, 0) is 28.1 Å². The molecule has 0 spiro atoms. The molecule has 0 atom stereocenters. The van der Waals surface area contributed by atoms with E-state index < -0.39 is 0 Å². The molecule has 4 aromatic carbocycles. The predicted octanol–water partition coefficient (Wildman–Crippen LogP) is 4.51. The van der Waals surface area contributed by atoms with Crippen LogP contribution in [0.4, 0.5) is 0 Å². The van der Waals surface area contributed by atoms with E-state index in [0.29, 0.717) is 11.5 Å². The molecule has 6 rings (SSSR count). The van der Waals surface area contributed by atoms with Gasteiger partial charge in [0, 0.05) is 23.9 Å². The Hall–Kier alpha value is -3.95. The van der Waals surface area contributed by atoms with E-state index in [4.69, 9.17) is 4.74 Å². The first kappa shape index (κ1) is 22.8. The third-order valence-electron chi connectivity index (χ3n) is 5.51. The zero-order valence-electron chi connectivity index (χ0n) is 18.8. The number of fused-ring (bicyclic) bond motifs is 1. The van der Waals surface area contributed by atoms with E-state index in [9.17, 15) is 0 Å². The van der Waals surface area contributed by atoms with Crippen LogP contribution in [-0.4, -0.2) is 9.13 Å². The molecule has 0 amide bonds. The number of hydrogen-bond donors (Lipinski definition) is 0. The fraction of sp³-hybridized carbons (Fsp3) is 0.0345. The number of aromatic nitrogens is 4. The monoisotopic (exact) mass is 635 g/mol. The molecule has 0 radical (unpaired) electrons. The Morgan fingerprint density at radius 3 is 2.14 bits per heavy atom. The van der Waals surface area contributed by atoms with E-state index in [1.165, 1.54) is 0 Å². The van der Waals surface area contributed by atoms with Crippen molar-refractivity contribution in [2.75, 3.05) is 0 Å². The van der Waals surface area contributed by atoms with Crippen LogP contribution in [0.1, 0.15) is 0 Å². The first-order valence-corrected chi connectivity index (χ1v) is 10.9. The SMILES string of the molecule is C[n+]1[c-]n(-c2[c-]c(Oc3[c-]c(-n4[c-][n+](-c5ccccc5)c5ccccc54)ccc3)ccc2)cc1.[Pt+4]. The van der Waals surface area contributed by atoms with Gasteiger partial charge >= 0.3 is 21.1 Å². The van der Waals surface area contributed by atoms with Crippen LogP contribution in [0.5, 0.6) is 11.5 Å². The van der Waals surface area contributed by atoms with E-state index in [1.807, 2.05) is 99.9 Å². The molecule has 0 fully saturated rings. The van der Waals surface area contributed by atoms with Crippen molar-refractivity contribution in [3.63, 3.8) is 0 Å². The van der Waals surface area contributed by atoms with Gasteiger partial charge in [0.1, 0.15) is 0 Å². The first-order valence-electron chi connectivity index (χ1n) is 10.9. The van der Waals surface area contributed by atoms with Crippen molar-refractivity contribution in [2.24, 2.45) is 7.05 Å². The van der Waals surface area contributed by atoms with Gasteiger partial charge in [-0.2, -0.15) is 24.3 Å². The number of para-hydroxylation sites is 3. The van der Waals surface area contributed by atoms with Gasteiger partial charge in [-0.3, -0.25) is 4.57 Å². The van der Waals surface area contributed by atoms with Crippen molar-refractivity contribution < 1.29 is 34.9 Å². The molecular weight excluding hydrogens is 615 g/mol. The van der Waals surface area contributed by atoms with Crippen LogP contribution in [0, 0.1) is 24.8 Å². The van der Waals surface area contributed by atoms with Gasteiger partial charge in [-0.05, 0) is 17.8 Å². The maximum Gasteiger partial charge on any atom is 4.00 e. The fourth-order valence-electron chi connectivity index (χ4n) is 3.93. The van der Waals surface area contributed by atoms with Crippen molar-refractivity contribution in [2.45, 2.75) is 0 Å². The van der Waals surface area contributed by atoms with Crippen molar-refractivity contribution >= 4 is 11.0 Å². The zero-order valence-corrected chi connectivity index (χ0v) is 21.1. The molecule has 0 N–H and O–H groups in total. The Labute approximate surface area is 218 Å². The molecule has 5 nitrogen and oxygen atoms in total. The van der Waals surface area contributed by atoms with Crippen molar-refractivity contribution in [1.29, 1.82) is 0 Å². The van der Waals surface area contributed by atoms with E-state index in [-0.39, 0.29) is 21.1 Å². The summed E-state index contributed by atoms with van der Waals surface area (Å²) in [5.74, 6) is 1.21. The third kappa shape index (κ3) is 4.55. The minimum absolute atomic E-state index is 0. The molecule has 0 bridgehead atoms. The smallest absolute Gasteiger partial charge is 0.510 e. The molecule has 6 heteroatoms. The summed E-state index contributed by atoms with van der Waals surface area (Å²) in [5, 5.41) is 0. The van der Waals surface area contributed by atoms with Crippen molar-refractivity contribution in [3.8, 4) is 28.6 Å². The predicted molar refractivity (Wildman–Crippen MR) is 127 cm³/mol. The normalized spacial score (nSPS) is 10.8. The van der Waals surface area contributed by atoms with Gasteiger partial charge < -0.3 is 18.4 Å². The second-order valence-corrected chi connectivity index (χ2v) is 7.88. The van der Waals surface area contributed by atoms with Gasteiger partial charge in [-0.15, -0.1) is 24.3 Å². The standard InChI is InChI=1S/C29H20N4O.Pt/c1-30-17-18-31(21-30)24-11-7-13-26(19-24)34-27-14-8-12-25(20-27)33-22-32(23-9-3-2-4-10-23)28-15-5-6-16-29(28)33;/h2-18H,1H3;/q-2;+4. The van der Waals surface area contributed by atoms with Crippen LogP contribution in [0.2, 0.25) is 0 Å². The molecule has 0 aliphatic rings. The number of imidazole rings is 2. The zero-order chi connectivity index (χ0) is 22.9. The molecule has 0 unspecified atom stereocenters. The first-order chi connectivity index (χ1) is 16.7. The van der Waals surface area contributed by atoms with Gasteiger partial charge in [-0.1, -0.05) is 48.2 Å². The molecule has 2 heterocycles. The van der Waals surface area contributed by atoms with Gasteiger partial charge in [0.25, 0.3) is 6.33 Å². The van der Waals surface area contributed by atoms with E-state index in [0.717, 1.165) is 28.1 Å². The molecule has 2 aromatic heterocycles. The average molecular weight is 636 g/mol. The van der Waals surface area contributed by atoms with Crippen LogP contribution < -0.4 is 13.9 Å². The largest absolute Gasteiger partial charge is 4.00 e. The molecule has 0 aliphatic heterocycles. The van der Waals surface area contributed by atoms with Crippen LogP contribution in [0.25, 0.3) is 28.1 Å². The van der Waals surface area contributed by atoms with Gasteiger partial charge in [0.2, 0.25) is 6.33 Å². The van der Waals surface area contributed by atoms with Crippen molar-refractivity contribution in [1.82, 2.24) is 9.13 Å². The molecule has 170 valence electrons. The number of hydrogen-bond acceptors (Lipinski definition) is 1. The fourth-order valence-corrected chi connectivity index (χ4v) is 3.93. The number of benzene rings is 4. The summed E-state index contributed by atoms with van der Waals surface area (Å²) < 4.78 is 13.9. The summed E-state index contributed by atoms with van der Waals surface area (Å²) in [4.78, 5) is 0. The molecule has 0 aliphatic carbocycles. The van der Waals surface area contributed by atoms with Gasteiger partial charge in [0.05, 0.1) is 23.8 Å². The quantitative estimate of drug-likeness (QED) is 0.203. The molecule has 0 saturated heterocycles. The second-order valence-electron chi connectivity index (χ2n) is 7.88. The Morgan fingerprint density at radius 1 is 0.714 bits per heavy atom. The molecular formula is C29H20N4OPt+2. The maximum absolute atomic E-state index is 6.13. The Morgan fingerprint density at radius 2 is 1.40 bits per heavy atom. The minimum Gasteiger partial charge on any atom is -0.510 e. The summed E-state index contributed by atoms with van der Waals surface area (Å²) in [6, 6.07) is 36.8. The summed E-state index contributed by atoms with van der Waals surface area (Å²) in [7, 11) is 1.93. The van der Waals surface area contributed by atoms with Crippen LogP contribution in [0.3, 0.4) is 0 Å². The van der Waals surface area contributed by atoms with E-state index in [1.54, 1.807) is 0 Å². The molecule has 6 aromatic rings. The summed E-state index contributed by atoms with van der Waals surface area (Å²) >= 11 is 0. The van der Waals surface area contributed by atoms with Gasteiger partial charge in [-0.25, -0.2) is 0 Å². The minimum atomic E-state index is 0. The maximum atomic E-state index is 6.13. The number of ether oxygens (including phenoxy) is 1. The summed E-state index contributed by atoms with van der Waals surface area (Å²) in [6.45, 7) is 0. The topological polar surface area (TPSA) is 26.8 Å². The Kier molecular flexibility index (Phi) is 6.34. The number of aryl methyl sites for hydroxylation is 1. The van der Waals surface area contributed by atoms with Crippen LogP contribution >= 0.6 is 0 Å². The number of nitrogens with zero attached hydrogens (tertiary/aromatic N) is 4. The third-order valence-corrected chi connectivity index (χ3v) is 5.51. The van der Waals surface area contributed by atoms with Gasteiger partial charge in [0.15, 0.2) is 0 Å². The molecule has 35 heavy (non-hydrogen) atoms. The van der Waals surface area contributed by atoms with Crippen LogP contribution in [0.15, 0.2) is 103 Å².